The van der Waals surface area contributed by atoms with E-state index in [9.17, 15) is 5.11 Å². The van der Waals surface area contributed by atoms with Gasteiger partial charge in [0, 0.05) is 11.6 Å². The number of aryl methyl sites for hydroxylation is 1. The Morgan fingerprint density at radius 2 is 2.17 bits per heavy atom. The van der Waals surface area contributed by atoms with Gasteiger partial charge < -0.3 is 10.8 Å². The van der Waals surface area contributed by atoms with E-state index in [1.807, 2.05) is 26.0 Å². The van der Waals surface area contributed by atoms with Gasteiger partial charge in [-0.3, -0.25) is 0 Å². The zero-order chi connectivity index (χ0) is 9.14. The first-order chi connectivity index (χ1) is 5.66. The predicted octanol–water partition coefficient (Wildman–Crippen LogP) is 2.11. The first kappa shape index (κ1) is 9.07. The Morgan fingerprint density at radius 1 is 1.50 bits per heavy atom. The number of phenolic OH excluding ortho intramolecular Hbond substituents is 1. The van der Waals surface area contributed by atoms with Crippen molar-refractivity contribution in [2.75, 3.05) is 0 Å². The molecule has 3 N–H and O–H groups in total. The van der Waals surface area contributed by atoms with Crippen LogP contribution in [0.2, 0.25) is 0 Å². The number of benzene rings is 1. The van der Waals surface area contributed by atoms with Crippen LogP contribution in [0.25, 0.3) is 0 Å². The summed E-state index contributed by atoms with van der Waals surface area (Å²) < 4.78 is 0. The van der Waals surface area contributed by atoms with Crippen molar-refractivity contribution in [2.24, 2.45) is 5.73 Å². The van der Waals surface area contributed by atoms with Crippen LogP contribution in [0, 0.1) is 6.92 Å². The van der Waals surface area contributed by atoms with Gasteiger partial charge in [-0.05, 0) is 25.0 Å². The fraction of sp³-hybridized carbons (Fsp3) is 0.400. The van der Waals surface area contributed by atoms with Crippen LogP contribution in [0.15, 0.2) is 18.2 Å². The largest absolute Gasteiger partial charge is 0.508 e. The Morgan fingerprint density at radius 3 is 2.67 bits per heavy atom. The number of nitrogens with two attached hydrogens (primary N) is 1. The van der Waals surface area contributed by atoms with Gasteiger partial charge in [0.1, 0.15) is 5.75 Å². The molecule has 0 aliphatic carbocycles. The normalized spacial score (nSPS) is 12.9. The van der Waals surface area contributed by atoms with Gasteiger partial charge in [0.05, 0.1) is 0 Å². The van der Waals surface area contributed by atoms with Gasteiger partial charge in [-0.2, -0.15) is 0 Å². The predicted molar refractivity (Wildman–Crippen MR) is 50.1 cm³/mol. The summed E-state index contributed by atoms with van der Waals surface area (Å²) >= 11 is 0. The van der Waals surface area contributed by atoms with E-state index < -0.39 is 0 Å². The van der Waals surface area contributed by atoms with E-state index in [1.54, 1.807) is 6.07 Å². The van der Waals surface area contributed by atoms with Crippen molar-refractivity contribution < 1.29 is 5.11 Å². The standard InChI is InChI=1S/C10H15NO/c1-3-8(11)10-7(2)5-4-6-9(10)12/h4-6,8,12H,3,11H2,1-2H3/t8-/m1/s1. The molecule has 1 aromatic rings. The molecule has 2 nitrogen and oxygen atoms in total. The van der Waals surface area contributed by atoms with E-state index in [0.29, 0.717) is 5.75 Å². The Balaban J connectivity index is 3.12. The molecule has 0 fully saturated rings. The molecule has 0 amide bonds. The second-order valence-electron chi connectivity index (χ2n) is 3.02. The maximum Gasteiger partial charge on any atom is 0.120 e. The van der Waals surface area contributed by atoms with E-state index in [-0.39, 0.29) is 6.04 Å². The van der Waals surface area contributed by atoms with Gasteiger partial charge in [-0.25, -0.2) is 0 Å². The van der Waals surface area contributed by atoms with Crippen LogP contribution < -0.4 is 5.73 Å². The number of rotatable bonds is 2. The van der Waals surface area contributed by atoms with Crippen LogP contribution >= 0.6 is 0 Å². The van der Waals surface area contributed by atoms with Gasteiger partial charge in [0.15, 0.2) is 0 Å². The minimum atomic E-state index is -0.0498. The average Bonchev–Trinajstić information content (AvgIpc) is 2.03. The van der Waals surface area contributed by atoms with Crippen molar-refractivity contribution in [3.8, 4) is 5.75 Å². The van der Waals surface area contributed by atoms with Crippen molar-refractivity contribution in [3.63, 3.8) is 0 Å². The molecule has 0 bridgehead atoms. The molecule has 0 spiro atoms. The van der Waals surface area contributed by atoms with Gasteiger partial charge in [-0.15, -0.1) is 0 Å². The Bertz CT molecular complexity index is 250. The fourth-order valence-electron chi connectivity index (χ4n) is 1.35. The summed E-state index contributed by atoms with van der Waals surface area (Å²) in [5.41, 5.74) is 7.77. The Labute approximate surface area is 73.0 Å². The molecule has 12 heavy (non-hydrogen) atoms. The third kappa shape index (κ3) is 1.59. The number of hydrogen-bond acceptors (Lipinski definition) is 2. The fourth-order valence-corrected chi connectivity index (χ4v) is 1.35. The summed E-state index contributed by atoms with van der Waals surface area (Å²) in [6.45, 7) is 3.97. The molecule has 2 heteroatoms. The lowest BCUT2D eigenvalue weighted by Gasteiger charge is -2.13. The van der Waals surface area contributed by atoms with E-state index in [1.165, 1.54) is 0 Å². The summed E-state index contributed by atoms with van der Waals surface area (Å²) in [6.07, 6.45) is 0.846. The van der Waals surface area contributed by atoms with Crippen molar-refractivity contribution in [1.82, 2.24) is 0 Å². The third-order valence-corrected chi connectivity index (χ3v) is 2.11. The molecular formula is C10H15NO. The number of phenols is 1. The molecule has 0 aliphatic rings. The summed E-state index contributed by atoms with van der Waals surface area (Å²) in [4.78, 5) is 0. The molecule has 1 aromatic carbocycles. The van der Waals surface area contributed by atoms with Gasteiger partial charge in [0.25, 0.3) is 0 Å². The van der Waals surface area contributed by atoms with Crippen LogP contribution in [0.4, 0.5) is 0 Å². The second kappa shape index (κ2) is 3.59. The van der Waals surface area contributed by atoms with Gasteiger partial charge in [0.2, 0.25) is 0 Å². The molecule has 0 aromatic heterocycles. The second-order valence-corrected chi connectivity index (χ2v) is 3.02. The lowest BCUT2D eigenvalue weighted by molar-refractivity contribution is 0.459. The molecule has 0 saturated carbocycles. The molecule has 0 aliphatic heterocycles. The zero-order valence-electron chi connectivity index (χ0n) is 7.54. The topological polar surface area (TPSA) is 46.2 Å². The molecule has 1 atom stereocenters. The van der Waals surface area contributed by atoms with Crippen LogP contribution in [0.5, 0.6) is 5.75 Å². The zero-order valence-corrected chi connectivity index (χ0v) is 7.54. The highest BCUT2D eigenvalue weighted by atomic mass is 16.3. The van der Waals surface area contributed by atoms with Crippen molar-refractivity contribution in [3.05, 3.63) is 29.3 Å². The summed E-state index contributed by atoms with van der Waals surface area (Å²) in [6, 6.07) is 5.42. The molecular weight excluding hydrogens is 150 g/mol. The summed E-state index contributed by atoms with van der Waals surface area (Å²) in [7, 11) is 0. The van der Waals surface area contributed by atoms with E-state index >= 15 is 0 Å². The lowest BCUT2D eigenvalue weighted by atomic mass is 9.99. The van der Waals surface area contributed by atoms with Crippen LogP contribution in [0.1, 0.15) is 30.5 Å². The van der Waals surface area contributed by atoms with E-state index in [0.717, 1.165) is 17.5 Å². The number of aromatic hydroxyl groups is 1. The monoisotopic (exact) mass is 165 g/mol. The first-order valence-electron chi connectivity index (χ1n) is 4.20. The molecule has 0 heterocycles. The van der Waals surface area contributed by atoms with E-state index in [4.69, 9.17) is 5.73 Å². The Hall–Kier alpha value is -1.02. The van der Waals surface area contributed by atoms with Crippen molar-refractivity contribution in [1.29, 1.82) is 0 Å². The average molecular weight is 165 g/mol. The van der Waals surface area contributed by atoms with Crippen LogP contribution in [0.3, 0.4) is 0 Å². The van der Waals surface area contributed by atoms with Crippen LogP contribution in [-0.2, 0) is 0 Å². The Kier molecular flexibility index (Phi) is 2.71. The van der Waals surface area contributed by atoms with Crippen molar-refractivity contribution in [2.45, 2.75) is 26.3 Å². The maximum absolute atomic E-state index is 9.51. The quantitative estimate of drug-likeness (QED) is 0.705. The highest BCUT2D eigenvalue weighted by Crippen LogP contribution is 2.27. The first-order valence-corrected chi connectivity index (χ1v) is 4.20. The van der Waals surface area contributed by atoms with Gasteiger partial charge >= 0.3 is 0 Å². The minimum Gasteiger partial charge on any atom is -0.508 e. The van der Waals surface area contributed by atoms with E-state index in [2.05, 4.69) is 0 Å². The SMILES string of the molecule is CC[C@@H](N)c1c(C)cccc1O. The smallest absolute Gasteiger partial charge is 0.120 e. The minimum absolute atomic E-state index is 0.0498. The summed E-state index contributed by atoms with van der Waals surface area (Å²) in [5.74, 6) is 0.310. The molecule has 66 valence electrons. The molecule has 0 unspecified atom stereocenters. The molecule has 0 saturated heterocycles. The molecule has 0 radical (unpaired) electrons. The van der Waals surface area contributed by atoms with Crippen molar-refractivity contribution >= 4 is 0 Å². The highest BCUT2D eigenvalue weighted by molar-refractivity contribution is 5.40. The van der Waals surface area contributed by atoms with Gasteiger partial charge in [-0.1, -0.05) is 19.1 Å². The highest BCUT2D eigenvalue weighted by Gasteiger charge is 2.10. The third-order valence-electron chi connectivity index (χ3n) is 2.11. The maximum atomic E-state index is 9.51. The summed E-state index contributed by atoms with van der Waals surface area (Å²) in [5, 5.41) is 9.51. The number of hydrogen-bond donors (Lipinski definition) is 2. The lowest BCUT2D eigenvalue weighted by Crippen LogP contribution is -2.10. The molecule has 1 rings (SSSR count). The van der Waals surface area contributed by atoms with Crippen LogP contribution in [-0.4, -0.2) is 5.11 Å².